The maximum atomic E-state index is 9.14. The van der Waals surface area contributed by atoms with Gasteiger partial charge in [0.15, 0.2) is 0 Å². The van der Waals surface area contributed by atoms with E-state index in [4.69, 9.17) is 10.8 Å². The van der Waals surface area contributed by atoms with E-state index in [-0.39, 0.29) is 0 Å². The second-order valence-corrected chi connectivity index (χ2v) is 3.97. The molecule has 2 fully saturated rings. The van der Waals surface area contributed by atoms with Crippen LogP contribution >= 0.6 is 0 Å². The first-order valence-corrected chi connectivity index (χ1v) is 4.10. The van der Waals surface area contributed by atoms with Crippen LogP contribution < -0.4 is 5.73 Å². The van der Waals surface area contributed by atoms with Crippen molar-refractivity contribution >= 4 is 0 Å². The second kappa shape index (κ2) is 1.74. The van der Waals surface area contributed by atoms with E-state index in [0.29, 0.717) is 11.3 Å². The Morgan fingerprint density at radius 1 is 1.70 bits per heavy atom. The van der Waals surface area contributed by atoms with Crippen molar-refractivity contribution in [2.75, 3.05) is 0 Å². The standard InChI is InChI=1S/C8H15NO/c1-5-4-8(5)3-2-6(8)7(9)10/h5-7,10H,2-4,9H2,1H3/t5-,6+,7?,8+/m0/s1. The zero-order chi connectivity index (χ0) is 7.35. The van der Waals surface area contributed by atoms with E-state index in [1.165, 1.54) is 12.8 Å². The van der Waals surface area contributed by atoms with Gasteiger partial charge in [-0.2, -0.15) is 0 Å². The third kappa shape index (κ3) is 0.611. The van der Waals surface area contributed by atoms with Crippen LogP contribution in [-0.2, 0) is 0 Å². The molecule has 0 aromatic rings. The smallest absolute Gasteiger partial charge is 0.105 e. The van der Waals surface area contributed by atoms with Crippen LogP contribution in [-0.4, -0.2) is 11.3 Å². The Hall–Kier alpha value is -0.0800. The van der Waals surface area contributed by atoms with Gasteiger partial charge in [-0.3, -0.25) is 0 Å². The van der Waals surface area contributed by atoms with Crippen LogP contribution in [0.5, 0.6) is 0 Å². The number of rotatable bonds is 1. The predicted molar refractivity (Wildman–Crippen MR) is 39.1 cm³/mol. The molecular formula is C8H15NO. The maximum Gasteiger partial charge on any atom is 0.105 e. The average molecular weight is 141 g/mol. The molecule has 2 aliphatic carbocycles. The lowest BCUT2D eigenvalue weighted by molar-refractivity contribution is -0.00492. The normalized spacial score (nSPS) is 54.3. The molecule has 0 radical (unpaired) electrons. The van der Waals surface area contributed by atoms with Crippen molar-refractivity contribution in [2.45, 2.75) is 32.4 Å². The summed E-state index contributed by atoms with van der Waals surface area (Å²) in [5.41, 5.74) is 5.93. The van der Waals surface area contributed by atoms with Crippen LogP contribution in [0.4, 0.5) is 0 Å². The molecule has 10 heavy (non-hydrogen) atoms. The first-order valence-electron chi connectivity index (χ1n) is 4.10. The SMILES string of the molecule is C[C@H]1C[C@]12CC[C@@H]2C(N)O. The summed E-state index contributed by atoms with van der Waals surface area (Å²) in [5.74, 6) is 1.24. The van der Waals surface area contributed by atoms with E-state index in [1.807, 2.05) is 0 Å². The number of aliphatic hydroxyl groups is 1. The molecule has 2 rings (SSSR count). The fourth-order valence-electron chi connectivity index (χ4n) is 2.57. The van der Waals surface area contributed by atoms with Crippen LogP contribution in [0.25, 0.3) is 0 Å². The lowest BCUT2D eigenvalue weighted by Gasteiger charge is -2.40. The van der Waals surface area contributed by atoms with Crippen LogP contribution in [0.15, 0.2) is 0 Å². The molecule has 0 bridgehead atoms. The Kier molecular flexibility index (Phi) is 1.15. The van der Waals surface area contributed by atoms with E-state index in [1.54, 1.807) is 0 Å². The molecule has 1 unspecified atom stereocenters. The first kappa shape index (κ1) is 6.62. The van der Waals surface area contributed by atoms with E-state index in [2.05, 4.69) is 6.92 Å². The molecule has 0 amide bonds. The maximum absolute atomic E-state index is 9.14. The monoisotopic (exact) mass is 141 g/mol. The Labute approximate surface area is 61.4 Å². The zero-order valence-electron chi connectivity index (χ0n) is 6.38. The summed E-state index contributed by atoms with van der Waals surface area (Å²) in [4.78, 5) is 0. The number of aliphatic hydroxyl groups excluding tert-OH is 1. The lowest BCUT2D eigenvalue weighted by Crippen LogP contribution is -2.43. The molecule has 2 heteroatoms. The predicted octanol–water partition coefficient (Wildman–Crippen LogP) is 0.700. The van der Waals surface area contributed by atoms with Crippen LogP contribution in [0, 0.1) is 17.3 Å². The molecule has 3 N–H and O–H groups in total. The average Bonchev–Trinajstić information content (AvgIpc) is 2.39. The van der Waals surface area contributed by atoms with Gasteiger partial charge in [-0.25, -0.2) is 0 Å². The second-order valence-electron chi connectivity index (χ2n) is 3.97. The Balaban J connectivity index is 2.02. The highest BCUT2D eigenvalue weighted by Crippen LogP contribution is 2.68. The zero-order valence-corrected chi connectivity index (χ0v) is 6.38. The quantitative estimate of drug-likeness (QED) is 0.528. The van der Waals surface area contributed by atoms with Gasteiger partial charge in [0.25, 0.3) is 0 Å². The molecule has 0 saturated heterocycles. The Morgan fingerprint density at radius 2 is 2.30 bits per heavy atom. The highest BCUT2D eigenvalue weighted by molar-refractivity contribution is 5.11. The summed E-state index contributed by atoms with van der Waals surface area (Å²) in [7, 11) is 0. The minimum atomic E-state index is -0.557. The van der Waals surface area contributed by atoms with Crippen LogP contribution in [0.3, 0.4) is 0 Å². The van der Waals surface area contributed by atoms with Gasteiger partial charge in [-0.1, -0.05) is 6.92 Å². The molecule has 4 atom stereocenters. The Morgan fingerprint density at radius 3 is 2.40 bits per heavy atom. The highest BCUT2D eigenvalue weighted by Gasteiger charge is 2.62. The van der Waals surface area contributed by atoms with Gasteiger partial charge in [0.2, 0.25) is 0 Å². The van der Waals surface area contributed by atoms with Crippen molar-refractivity contribution in [3.63, 3.8) is 0 Å². The van der Waals surface area contributed by atoms with Crippen LogP contribution in [0.2, 0.25) is 0 Å². The van der Waals surface area contributed by atoms with Crippen molar-refractivity contribution in [3.05, 3.63) is 0 Å². The van der Waals surface area contributed by atoms with Gasteiger partial charge in [-0.05, 0) is 30.6 Å². The number of hydrogen-bond acceptors (Lipinski definition) is 2. The summed E-state index contributed by atoms with van der Waals surface area (Å²) < 4.78 is 0. The minimum Gasteiger partial charge on any atom is -0.379 e. The minimum absolute atomic E-state index is 0.419. The van der Waals surface area contributed by atoms with Crippen molar-refractivity contribution in [1.29, 1.82) is 0 Å². The molecule has 2 nitrogen and oxygen atoms in total. The largest absolute Gasteiger partial charge is 0.379 e. The summed E-state index contributed by atoms with van der Waals surface area (Å²) in [6, 6.07) is 0. The molecule has 2 aliphatic rings. The molecule has 58 valence electrons. The topological polar surface area (TPSA) is 46.2 Å². The molecule has 2 saturated carbocycles. The van der Waals surface area contributed by atoms with Gasteiger partial charge in [0.1, 0.15) is 6.23 Å². The van der Waals surface area contributed by atoms with Gasteiger partial charge in [-0.15, -0.1) is 0 Å². The number of hydrogen-bond donors (Lipinski definition) is 2. The van der Waals surface area contributed by atoms with Gasteiger partial charge in [0, 0.05) is 5.92 Å². The van der Waals surface area contributed by atoms with Gasteiger partial charge >= 0.3 is 0 Å². The van der Waals surface area contributed by atoms with E-state index in [9.17, 15) is 0 Å². The van der Waals surface area contributed by atoms with Gasteiger partial charge < -0.3 is 10.8 Å². The summed E-state index contributed by atoms with van der Waals surface area (Å²) >= 11 is 0. The van der Waals surface area contributed by atoms with Gasteiger partial charge in [0.05, 0.1) is 0 Å². The molecular weight excluding hydrogens is 126 g/mol. The van der Waals surface area contributed by atoms with E-state index >= 15 is 0 Å². The first-order chi connectivity index (χ1) is 4.67. The lowest BCUT2D eigenvalue weighted by atomic mass is 9.68. The fraction of sp³-hybridized carbons (Fsp3) is 1.00. The third-order valence-corrected chi connectivity index (χ3v) is 3.58. The molecule has 0 aliphatic heterocycles. The van der Waals surface area contributed by atoms with E-state index in [0.717, 1.165) is 12.3 Å². The molecule has 1 spiro atoms. The highest BCUT2D eigenvalue weighted by atomic mass is 16.3. The van der Waals surface area contributed by atoms with E-state index < -0.39 is 6.23 Å². The molecule has 0 heterocycles. The number of nitrogens with two attached hydrogens (primary N) is 1. The fourth-order valence-corrected chi connectivity index (χ4v) is 2.57. The van der Waals surface area contributed by atoms with Crippen molar-refractivity contribution in [3.8, 4) is 0 Å². The third-order valence-electron chi connectivity index (χ3n) is 3.58. The van der Waals surface area contributed by atoms with Crippen molar-refractivity contribution in [1.82, 2.24) is 0 Å². The van der Waals surface area contributed by atoms with Crippen molar-refractivity contribution in [2.24, 2.45) is 23.0 Å². The summed E-state index contributed by atoms with van der Waals surface area (Å²) in [5, 5.41) is 9.14. The van der Waals surface area contributed by atoms with Crippen molar-refractivity contribution < 1.29 is 5.11 Å². The molecule has 0 aromatic heterocycles. The summed E-state index contributed by atoms with van der Waals surface area (Å²) in [6.07, 6.45) is 3.18. The summed E-state index contributed by atoms with van der Waals surface area (Å²) in [6.45, 7) is 2.26. The Bertz CT molecular complexity index is 153. The molecule has 0 aromatic carbocycles. The van der Waals surface area contributed by atoms with Crippen LogP contribution in [0.1, 0.15) is 26.2 Å².